The van der Waals surface area contributed by atoms with Gasteiger partial charge in [-0.15, -0.1) is 9.05 Å². The van der Waals surface area contributed by atoms with Crippen LogP contribution in [0.1, 0.15) is 59.3 Å². The first kappa shape index (κ1) is 21.2. The van der Waals surface area contributed by atoms with Crippen molar-refractivity contribution in [3.63, 3.8) is 0 Å². The molecular formula is C16H33N2O3P+2. The number of hydrogen-bond acceptors (Lipinski definition) is 3. The van der Waals surface area contributed by atoms with Gasteiger partial charge in [0.15, 0.2) is 0 Å². The Hall–Kier alpha value is -0.770. The molecule has 22 heavy (non-hydrogen) atoms. The third-order valence-corrected chi connectivity index (χ3v) is 3.77. The van der Waals surface area contributed by atoms with Crippen molar-refractivity contribution in [2.75, 3.05) is 13.2 Å². The molecule has 0 aromatic carbocycles. The number of unbranched alkanes of at least 4 members (excludes halogenated alkanes) is 3. The highest BCUT2D eigenvalue weighted by molar-refractivity contribution is 7.33. The third-order valence-electron chi connectivity index (χ3n) is 2.98. The fourth-order valence-corrected chi connectivity index (χ4v) is 2.21. The fraction of sp³-hybridized carbons (Fsp3) is 0.812. The topological polar surface area (TPSA) is 44.3 Å². The van der Waals surface area contributed by atoms with E-state index in [-0.39, 0.29) is 0 Å². The van der Waals surface area contributed by atoms with Gasteiger partial charge in [-0.3, -0.25) is 0 Å². The molecule has 0 unspecified atom stereocenters. The van der Waals surface area contributed by atoms with Crippen LogP contribution < -0.4 is 4.57 Å². The van der Waals surface area contributed by atoms with Crippen molar-refractivity contribution in [3.05, 3.63) is 18.7 Å². The minimum absolute atomic E-state index is 0.540. The van der Waals surface area contributed by atoms with E-state index >= 15 is 0 Å². The summed E-state index contributed by atoms with van der Waals surface area (Å²) in [5, 5.41) is 0. The van der Waals surface area contributed by atoms with E-state index < -0.39 is 8.25 Å². The predicted molar refractivity (Wildman–Crippen MR) is 89.8 cm³/mol. The second-order valence-corrected chi connectivity index (χ2v) is 6.23. The van der Waals surface area contributed by atoms with Crippen LogP contribution in [-0.4, -0.2) is 17.8 Å². The third kappa shape index (κ3) is 12.9. The van der Waals surface area contributed by atoms with E-state index in [9.17, 15) is 4.57 Å². The molecule has 0 fully saturated rings. The van der Waals surface area contributed by atoms with Crippen LogP contribution in [0.25, 0.3) is 0 Å². The molecule has 0 aliphatic carbocycles. The number of imidazole rings is 1. The van der Waals surface area contributed by atoms with Crippen molar-refractivity contribution >= 4 is 8.25 Å². The van der Waals surface area contributed by atoms with Crippen LogP contribution in [0.5, 0.6) is 0 Å². The van der Waals surface area contributed by atoms with E-state index in [4.69, 9.17) is 9.05 Å². The van der Waals surface area contributed by atoms with E-state index in [0.29, 0.717) is 13.2 Å². The van der Waals surface area contributed by atoms with Crippen LogP contribution in [0.2, 0.25) is 0 Å². The van der Waals surface area contributed by atoms with Crippen molar-refractivity contribution in [2.45, 2.75) is 65.8 Å². The van der Waals surface area contributed by atoms with E-state index in [1.165, 1.54) is 12.8 Å². The van der Waals surface area contributed by atoms with E-state index in [1.807, 2.05) is 7.05 Å². The Balaban J connectivity index is 0.000000406. The summed E-state index contributed by atoms with van der Waals surface area (Å²) in [5.74, 6) is 0. The molecule has 1 aromatic rings. The minimum atomic E-state index is -1.85. The van der Waals surface area contributed by atoms with Crippen LogP contribution >= 0.6 is 8.25 Å². The van der Waals surface area contributed by atoms with Crippen molar-refractivity contribution in [2.24, 2.45) is 7.05 Å². The number of aromatic nitrogens is 2. The number of hydrogen-bond donors (Lipinski definition) is 0. The van der Waals surface area contributed by atoms with Gasteiger partial charge in [0.05, 0.1) is 13.6 Å². The molecule has 1 heterocycles. The molecule has 0 amide bonds. The lowest BCUT2D eigenvalue weighted by molar-refractivity contribution is -0.671. The molecule has 6 heteroatoms. The second-order valence-electron chi connectivity index (χ2n) is 5.27. The largest absolute Gasteiger partial charge is 0.697 e. The average molecular weight is 332 g/mol. The Bertz CT molecular complexity index is 371. The van der Waals surface area contributed by atoms with E-state index in [0.717, 1.165) is 32.2 Å². The molecule has 1 aromatic heterocycles. The maximum Gasteiger partial charge on any atom is 0.697 e. The molecule has 0 N–H and O–H groups in total. The Kier molecular flexibility index (Phi) is 14.6. The maximum atomic E-state index is 10.9. The summed E-state index contributed by atoms with van der Waals surface area (Å²) in [7, 11) is 0.190. The number of nitrogens with zero attached hydrogens (tertiary/aromatic N) is 2. The van der Waals surface area contributed by atoms with E-state index in [2.05, 4.69) is 48.6 Å². The first-order valence-electron chi connectivity index (χ1n) is 8.38. The lowest BCUT2D eigenvalue weighted by atomic mass is 10.3. The molecule has 128 valence electrons. The first-order valence-corrected chi connectivity index (χ1v) is 9.47. The Morgan fingerprint density at radius 1 is 1.00 bits per heavy atom. The van der Waals surface area contributed by atoms with Crippen LogP contribution in [0, 0.1) is 0 Å². The van der Waals surface area contributed by atoms with Crippen molar-refractivity contribution < 1.29 is 18.2 Å². The predicted octanol–water partition coefficient (Wildman–Crippen LogP) is 4.39. The van der Waals surface area contributed by atoms with Gasteiger partial charge in [-0.05, 0) is 19.3 Å². The van der Waals surface area contributed by atoms with Gasteiger partial charge in [0.1, 0.15) is 25.6 Å². The zero-order valence-corrected chi connectivity index (χ0v) is 15.6. The van der Waals surface area contributed by atoms with Crippen LogP contribution in [0.3, 0.4) is 0 Å². The molecule has 0 spiro atoms. The highest BCUT2D eigenvalue weighted by atomic mass is 31.1. The minimum Gasteiger partial charge on any atom is -0.240 e. The molecule has 0 saturated heterocycles. The average Bonchev–Trinajstić information content (AvgIpc) is 2.92. The Morgan fingerprint density at radius 2 is 1.55 bits per heavy atom. The molecule has 0 aliphatic heterocycles. The zero-order valence-electron chi connectivity index (χ0n) is 14.7. The summed E-state index contributed by atoms with van der Waals surface area (Å²) in [6.45, 7) is 8.57. The number of aryl methyl sites for hydroxylation is 2. The summed E-state index contributed by atoms with van der Waals surface area (Å²) >= 11 is 0. The Labute approximate surface area is 136 Å². The fourth-order valence-electron chi connectivity index (χ4n) is 1.58. The van der Waals surface area contributed by atoms with Gasteiger partial charge in [-0.25, -0.2) is 9.13 Å². The van der Waals surface area contributed by atoms with Crippen LogP contribution in [-0.2, 0) is 27.2 Å². The van der Waals surface area contributed by atoms with Crippen LogP contribution in [0.4, 0.5) is 0 Å². The Morgan fingerprint density at radius 3 is 1.95 bits per heavy atom. The molecule has 0 atom stereocenters. The lowest BCUT2D eigenvalue weighted by Gasteiger charge is -1.90. The van der Waals surface area contributed by atoms with Gasteiger partial charge in [-0.1, -0.05) is 40.0 Å². The first-order chi connectivity index (χ1) is 10.6. The standard InChI is InChI=1S/C8H15N2.C8H18O3P/c1-3-4-5-10-7-6-9(2)8-10;1-3-5-7-10-12(9)11-8-6-4-2/h6-8H,3-5H2,1-2H3;3-8H2,1-2H3/q2*+1. The lowest BCUT2D eigenvalue weighted by Crippen LogP contribution is -2.23. The summed E-state index contributed by atoms with van der Waals surface area (Å²) in [6, 6.07) is 0. The highest BCUT2D eigenvalue weighted by Crippen LogP contribution is 2.24. The number of rotatable bonds is 11. The van der Waals surface area contributed by atoms with Gasteiger partial charge < -0.3 is 0 Å². The monoisotopic (exact) mass is 332 g/mol. The smallest absolute Gasteiger partial charge is 0.240 e. The summed E-state index contributed by atoms with van der Waals surface area (Å²) in [6.07, 6.45) is 12.8. The zero-order chi connectivity index (χ0) is 16.6. The summed E-state index contributed by atoms with van der Waals surface area (Å²) in [4.78, 5) is 0. The maximum absolute atomic E-state index is 10.9. The van der Waals surface area contributed by atoms with Gasteiger partial charge in [0.25, 0.3) is 0 Å². The SMILES string of the molecule is CCCCO[P+](=O)OCCCC.CCCCn1cc[n+](C)c1. The molecule has 0 aliphatic rings. The van der Waals surface area contributed by atoms with Gasteiger partial charge in [0.2, 0.25) is 6.33 Å². The summed E-state index contributed by atoms with van der Waals surface area (Å²) in [5.41, 5.74) is 0. The van der Waals surface area contributed by atoms with Gasteiger partial charge >= 0.3 is 8.25 Å². The van der Waals surface area contributed by atoms with Crippen molar-refractivity contribution in [1.29, 1.82) is 0 Å². The quantitative estimate of drug-likeness (QED) is 0.343. The van der Waals surface area contributed by atoms with Crippen molar-refractivity contribution in [3.8, 4) is 0 Å². The molecule has 1 rings (SSSR count). The van der Waals surface area contributed by atoms with Crippen molar-refractivity contribution in [1.82, 2.24) is 4.57 Å². The molecule has 0 saturated carbocycles. The molecule has 0 bridgehead atoms. The van der Waals surface area contributed by atoms with Gasteiger partial charge in [-0.2, -0.15) is 0 Å². The highest BCUT2D eigenvalue weighted by Gasteiger charge is 2.18. The van der Waals surface area contributed by atoms with E-state index in [1.54, 1.807) is 0 Å². The normalized spacial score (nSPS) is 10.2. The molecular weight excluding hydrogens is 299 g/mol. The molecule has 0 radical (unpaired) electrons. The van der Waals surface area contributed by atoms with Gasteiger partial charge in [0, 0.05) is 4.57 Å². The molecule has 5 nitrogen and oxygen atoms in total. The summed E-state index contributed by atoms with van der Waals surface area (Å²) < 4.78 is 25.0. The second kappa shape index (κ2) is 15.1. The van der Waals surface area contributed by atoms with Crippen LogP contribution in [0.15, 0.2) is 18.7 Å².